The van der Waals surface area contributed by atoms with Gasteiger partial charge in [0.25, 0.3) is 0 Å². The van der Waals surface area contributed by atoms with Crippen LogP contribution in [0.5, 0.6) is 0 Å². The second kappa shape index (κ2) is 3.32. The molecule has 0 atom stereocenters. The third-order valence-electron chi connectivity index (χ3n) is 1.57. The Morgan fingerprint density at radius 2 is 2.46 bits per heavy atom. The number of nitrogens with zero attached hydrogens (tertiary/aromatic N) is 2. The standard InChI is InChI=1S/C8H5ClN2OS/c9-6-1-2-10-7-3-5(4-11-12)13-8(6)7/h1-4,12H/b11-4+. The summed E-state index contributed by atoms with van der Waals surface area (Å²) in [5, 5.41) is 12.0. The van der Waals surface area contributed by atoms with Crippen molar-refractivity contribution < 1.29 is 5.21 Å². The molecule has 2 heterocycles. The zero-order valence-electron chi connectivity index (χ0n) is 6.44. The minimum atomic E-state index is 0.674. The van der Waals surface area contributed by atoms with Crippen molar-refractivity contribution >= 4 is 39.4 Å². The molecule has 13 heavy (non-hydrogen) atoms. The number of fused-ring (bicyclic) bond motifs is 1. The van der Waals surface area contributed by atoms with Gasteiger partial charge in [0.05, 0.1) is 26.3 Å². The van der Waals surface area contributed by atoms with Gasteiger partial charge in [0, 0.05) is 6.20 Å². The zero-order chi connectivity index (χ0) is 9.26. The van der Waals surface area contributed by atoms with Crippen molar-refractivity contribution in [1.29, 1.82) is 0 Å². The van der Waals surface area contributed by atoms with Crippen LogP contribution in [-0.2, 0) is 0 Å². The van der Waals surface area contributed by atoms with Gasteiger partial charge in [-0.3, -0.25) is 4.98 Å². The topological polar surface area (TPSA) is 45.5 Å². The van der Waals surface area contributed by atoms with Gasteiger partial charge in [0.15, 0.2) is 0 Å². The molecule has 0 fully saturated rings. The molecule has 0 spiro atoms. The number of aromatic nitrogens is 1. The van der Waals surface area contributed by atoms with E-state index in [2.05, 4.69) is 10.1 Å². The van der Waals surface area contributed by atoms with Crippen molar-refractivity contribution in [1.82, 2.24) is 4.98 Å². The van der Waals surface area contributed by atoms with E-state index in [1.165, 1.54) is 17.6 Å². The molecule has 0 radical (unpaired) electrons. The van der Waals surface area contributed by atoms with Gasteiger partial charge in [-0.15, -0.1) is 11.3 Å². The molecule has 0 amide bonds. The Kier molecular flexibility index (Phi) is 2.16. The smallest absolute Gasteiger partial charge is 0.0834 e. The SMILES string of the molecule is O/N=C/c1cc2nccc(Cl)c2s1. The average Bonchev–Trinajstić information content (AvgIpc) is 2.49. The van der Waals surface area contributed by atoms with E-state index in [1.54, 1.807) is 12.3 Å². The summed E-state index contributed by atoms with van der Waals surface area (Å²) < 4.78 is 0.916. The van der Waals surface area contributed by atoms with Gasteiger partial charge >= 0.3 is 0 Å². The lowest BCUT2D eigenvalue weighted by Crippen LogP contribution is -1.71. The first-order valence-electron chi connectivity index (χ1n) is 3.53. The zero-order valence-corrected chi connectivity index (χ0v) is 8.01. The highest BCUT2D eigenvalue weighted by molar-refractivity contribution is 7.21. The molecule has 0 saturated carbocycles. The number of hydrogen-bond acceptors (Lipinski definition) is 4. The van der Waals surface area contributed by atoms with E-state index in [0.29, 0.717) is 5.02 Å². The molecule has 2 aromatic rings. The van der Waals surface area contributed by atoms with Crippen LogP contribution < -0.4 is 0 Å². The molecule has 0 aromatic carbocycles. The van der Waals surface area contributed by atoms with Crippen LogP contribution >= 0.6 is 22.9 Å². The Balaban J connectivity index is 2.68. The van der Waals surface area contributed by atoms with Crippen LogP contribution in [0, 0.1) is 0 Å². The molecule has 0 aliphatic rings. The summed E-state index contributed by atoms with van der Waals surface area (Å²) in [4.78, 5) is 4.96. The second-order valence-electron chi connectivity index (χ2n) is 2.40. The predicted molar refractivity (Wildman–Crippen MR) is 54.0 cm³/mol. The lowest BCUT2D eigenvalue weighted by Gasteiger charge is -1.88. The molecule has 0 unspecified atom stereocenters. The molecule has 0 aliphatic heterocycles. The summed E-state index contributed by atoms with van der Waals surface area (Å²) in [7, 11) is 0. The highest BCUT2D eigenvalue weighted by atomic mass is 35.5. The molecule has 0 saturated heterocycles. The molecule has 0 aliphatic carbocycles. The largest absolute Gasteiger partial charge is 0.411 e. The fraction of sp³-hybridized carbons (Fsp3) is 0. The summed E-state index contributed by atoms with van der Waals surface area (Å²) in [5.74, 6) is 0. The van der Waals surface area contributed by atoms with Gasteiger partial charge in [-0.2, -0.15) is 0 Å². The average molecular weight is 213 g/mol. The summed E-state index contributed by atoms with van der Waals surface area (Å²) in [6.45, 7) is 0. The highest BCUT2D eigenvalue weighted by Crippen LogP contribution is 2.29. The lowest BCUT2D eigenvalue weighted by molar-refractivity contribution is 0.322. The molecule has 5 heteroatoms. The first-order valence-corrected chi connectivity index (χ1v) is 4.72. The van der Waals surface area contributed by atoms with Crippen LogP contribution in [0.25, 0.3) is 10.2 Å². The van der Waals surface area contributed by atoms with Crippen molar-refractivity contribution in [3.8, 4) is 0 Å². The van der Waals surface area contributed by atoms with Crippen LogP contribution in [0.4, 0.5) is 0 Å². The van der Waals surface area contributed by atoms with Crippen LogP contribution in [0.2, 0.25) is 5.02 Å². The minimum absolute atomic E-state index is 0.674. The van der Waals surface area contributed by atoms with Crippen LogP contribution in [0.15, 0.2) is 23.5 Å². The maximum Gasteiger partial charge on any atom is 0.0834 e. The van der Waals surface area contributed by atoms with Crippen molar-refractivity contribution in [2.75, 3.05) is 0 Å². The monoisotopic (exact) mass is 212 g/mol. The van der Waals surface area contributed by atoms with Crippen molar-refractivity contribution in [3.05, 3.63) is 28.2 Å². The van der Waals surface area contributed by atoms with E-state index in [4.69, 9.17) is 16.8 Å². The molecular weight excluding hydrogens is 208 g/mol. The van der Waals surface area contributed by atoms with Gasteiger partial charge in [0.2, 0.25) is 0 Å². The van der Waals surface area contributed by atoms with Gasteiger partial charge in [-0.25, -0.2) is 0 Å². The fourth-order valence-corrected chi connectivity index (χ4v) is 2.20. The number of thiophene rings is 1. The molecule has 0 bridgehead atoms. The molecule has 2 rings (SSSR count). The van der Waals surface area contributed by atoms with Crippen molar-refractivity contribution in [3.63, 3.8) is 0 Å². The van der Waals surface area contributed by atoms with Crippen molar-refractivity contribution in [2.24, 2.45) is 5.16 Å². The van der Waals surface area contributed by atoms with Gasteiger partial charge < -0.3 is 5.21 Å². The first kappa shape index (κ1) is 8.47. The van der Waals surface area contributed by atoms with Gasteiger partial charge in [-0.1, -0.05) is 16.8 Å². The number of rotatable bonds is 1. The van der Waals surface area contributed by atoms with E-state index in [1.807, 2.05) is 6.07 Å². The van der Waals surface area contributed by atoms with Crippen LogP contribution in [0.3, 0.4) is 0 Å². The van der Waals surface area contributed by atoms with E-state index in [0.717, 1.165) is 15.1 Å². The third-order valence-corrected chi connectivity index (χ3v) is 3.09. The number of pyridine rings is 1. The lowest BCUT2D eigenvalue weighted by atomic mass is 10.4. The van der Waals surface area contributed by atoms with Gasteiger partial charge in [-0.05, 0) is 12.1 Å². The van der Waals surface area contributed by atoms with Gasteiger partial charge in [0.1, 0.15) is 0 Å². The highest BCUT2D eigenvalue weighted by Gasteiger charge is 2.03. The summed E-state index contributed by atoms with van der Waals surface area (Å²) >= 11 is 7.38. The second-order valence-corrected chi connectivity index (χ2v) is 3.89. The maximum atomic E-state index is 8.34. The van der Waals surface area contributed by atoms with Crippen LogP contribution in [0.1, 0.15) is 4.88 Å². The predicted octanol–water partition coefficient (Wildman–Crippen LogP) is 2.76. The Hall–Kier alpha value is -1.13. The number of hydrogen-bond donors (Lipinski definition) is 1. The summed E-state index contributed by atoms with van der Waals surface area (Å²) in [6, 6.07) is 3.56. The molecule has 66 valence electrons. The fourth-order valence-electron chi connectivity index (χ4n) is 1.05. The first-order chi connectivity index (χ1) is 6.31. The normalized spacial score (nSPS) is 11.5. The Morgan fingerprint density at radius 1 is 1.62 bits per heavy atom. The number of halogens is 1. The summed E-state index contributed by atoms with van der Waals surface area (Å²) in [6.07, 6.45) is 3.01. The minimum Gasteiger partial charge on any atom is -0.411 e. The maximum absolute atomic E-state index is 8.34. The summed E-state index contributed by atoms with van der Waals surface area (Å²) in [5.41, 5.74) is 0.826. The van der Waals surface area contributed by atoms with Crippen molar-refractivity contribution in [2.45, 2.75) is 0 Å². The number of oxime groups is 1. The quantitative estimate of drug-likeness (QED) is 0.449. The Bertz CT molecular complexity index is 466. The molecule has 1 N–H and O–H groups in total. The molecule has 3 nitrogen and oxygen atoms in total. The van der Waals surface area contributed by atoms with E-state index in [-0.39, 0.29) is 0 Å². The van der Waals surface area contributed by atoms with E-state index in [9.17, 15) is 0 Å². The van der Waals surface area contributed by atoms with E-state index >= 15 is 0 Å². The molecule has 2 aromatic heterocycles. The van der Waals surface area contributed by atoms with Crippen LogP contribution in [-0.4, -0.2) is 16.4 Å². The Labute approximate surface area is 83.3 Å². The molecular formula is C8H5ClN2OS. The third kappa shape index (κ3) is 1.50. The Morgan fingerprint density at radius 3 is 3.15 bits per heavy atom. The van der Waals surface area contributed by atoms with E-state index < -0.39 is 0 Å².